The van der Waals surface area contributed by atoms with Crippen molar-refractivity contribution in [3.8, 4) is 5.75 Å². The van der Waals surface area contributed by atoms with Crippen molar-refractivity contribution in [2.75, 3.05) is 13.2 Å². The van der Waals surface area contributed by atoms with Gasteiger partial charge in [-0.05, 0) is 44.4 Å². The van der Waals surface area contributed by atoms with Crippen molar-refractivity contribution in [3.63, 3.8) is 0 Å². The van der Waals surface area contributed by atoms with Crippen LogP contribution in [0, 0.1) is 19.8 Å². The Morgan fingerprint density at radius 2 is 2.09 bits per heavy atom. The number of carbonyl (C=O) groups excluding carboxylic acids is 1. The van der Waals surface area contributed by atoms with E-state index in [1.54, 1.807) is 11.8 Å². The van der Waals surface area contributed by atoms with Crippen LogP contribution in [0.1, 0.15) is 30.9 Å². The van der Waals surface area contributed by atoms with E-state index in [2.05, 4.69) is 0 Å². The van der Waals surface area contributed by atoms with Crippen molar-refractivity contribution in [3.05, 3.63) is 29.3 Å². The highest BCUT2D eigenvalue weighted by atomic mass is 16.5. The number of rotatable bonds is 5. The van der Waals surface area contributed by atoms with E-state index in [4.69, 9.17) is 9.84 Å². The highest BCUT2D eigenvalue weighted by molar-refractivity contribution is 5.79. The van der Waals surface area contributed by atoms with Crippen LogP contribution in [-0.2, 0) is 9.59 Å². The third-order valence-corrected chi connectivity index (χ3v) is 4.31. The van der Waals surface area contributed by atoms with Crippen molar-refractivity contribution in [2.45, 2.75) is 39.7 Å². The molecule has 0 bridgehead atoms. The minimum Gasteiger partial charge on any atom is -0.493 e. The number of likely N-dealkylation sites (tertiary alicyclic amines) is 1. The molecule has 1 aliphatic rings. The van der Waals surface area contributed by atoms with E-state index in [0.29, 0.717) is 19.6 Å². The Morgan fingerprint density at radius 1 is 1.36 bits per heavy atom. The fourth-order valence-electron chi connectivity index (χ4n) is 2.88. The molecule has 0 aromatic heterocycles. The van der Waals surface area contributed by atoms with Crippen LogP contribution >= 0.6 is 0 Å². The van der Waals surface area contributed by atoms with Crippen LogP contribution in [0.2, 0.25) is 0 Å². The molecule has 1 aliphatic heterocycles. The van der Waals surface area contributed by atoms with E-state index in [-0.39, 0.29) is 18.4 Å². The lowest BCUT2D eigenvalue weighted by Crippen LogP contribution is -2.38. The fourth-order valence-corrected chi connectivity index (χ4v) is 2.88. The molecule has 0 saturated carbocycles. The van der Waals surface area contributed by atoms with Gasteiger partial charge in [0.1, 0.15) is 5.75 Å². The van der Waals surface area contributed by atoms with Crippen LogP contribution in [0.15, 0.2) is 18.2 Å². The van der Waals surface area contributed by atoms with Gasteiger partial charge in [0.15, 0.2) is 0 Å². The predicted molar refractivity (Wildman–Crippen MR) is 82.9 cm³/mol. The molecule has 1 N–H and O–H groups in total. The minimum absolute atomic E-state index is 0.0402. The van der Waals surface area contributed by atoms with Gasteiger partial charge < -0.3 is 14.7 Å². The molecule has 120 valence electrons. The maximum absolute atomic E-state index is 12.2. The van der Waals surface area contributed by atoms with E-state index in [9.17, 15) is 9.59 Å². The number of aryl methyl sites for hydroxylation is 2. The Labute approximate surface area is 130 Å². The lowest BCUT2D eigenvalue weighted by molar-refractivity contribution is -0.143. The Balaban J connectivity index is 1.86. The molecular formula is C17H23NO4. The summed E-state index contributed by atoms with van der Waals surface area (Å²) in [6.07, 6.45) is 0.796. The molecule has 5 heteroatoms. The molecule has 2 rings (SSSR count). The Bertz CT molecular complexity index is 570. The zero-order chi connectivity index (χ0) is 16.3. The molecule has 1 amide bonds. The van der Waals surface area contributed by atoms with E-state index in [0.717, 1.165) is 16.9 Å². The number of benzene rings is 1. The van der Waals surface area contributed by atoms with Gasteiger partial charge >= 0.3 is 5.97 Å². The molecule has 2 unspecified atom stereocenters. The number of carbonyl (C=O) groups is 2. The van der Waals surface area contributed by atoms with Crippen LogP contribution in [0.3, 0.4) is 0 Å². The second-order valence-electron chi connectivity index (χ2n) is 5.93. The predicted octanol–water partition coefficient (Wildman–Crippen LogP) is 2.39. The molecule has 5 nitrogen and oxygen atoms in total. The van der Waals surface area contributed by atoms with Crippen molar-refractivity contribution < 1.29 is 19.4 Å². The fraction of sp³-hybridized carbons (Fsp3) is 0.529. The number of carboxylic acids is 1. The molecule has 1 fully saturated rings. The summed E-state index contributed by atoms with van der Waals surface area (Å²) in [7, 11) is 0. The zero-order valence-corrected chi connectivity index (χ0v) is 13.3. The summed E-state index contributed by atoms with van der Waals surface area (Å²) in [6, 6.07) is 5.72. The van der Waals surface area contributed by atoms with Crippen LogP contribution in [0.25, 0.3) is 0 Å². The molecule has 22 heavy (non-hydrogen) atoms. The number of carboxylic acid groups (broad SMARTS) is 1. The van der Waals surface area contributed by atoms with E-state index in [1.165, 1.54) is 0 Å². The van der Waals surface area contributed by atoms with Crippen LogP contribution in [0.5, 0.6) is 5.75 Å². The normalized spacial score (nSPS) is 21.0. The summed E-state index contributed by atoms with van der Waals surface area (Å²) in [6.45, 7) is 6.59. The smallest absolute Gasteiger partial charge is 0.308 e. The average molecular weight is 305 g/mol. The number of ether oxygens (including phenoxy) is 1. The highest BCUT2D eigenvalue weighted by Crippen LogP contribution is 2.25. The highest BCUT2D eigenvalue weighted by Gasteiger charge is 2.37. The average Bonchev–Trinajstić information content (AvgIpc) is 2.84. The maximum atomic E-state index is 12.2. The van der Waals surface area contributed by atoms with Crippen LogP contribution in [0.4, 0.5) is 0 Å². The summed E-state index contributed by atoms with van der Waals surface area (Å²) in [5, 5.41) is 9.10. The van der Waals surface area contributed by atoms with E-state index < -0.39 is 11.9 Å². The second-order valence-corrected chi connectivity index (χ2v) is 5.93. The van der Waals surface area contributed by atoms with Gasteiger partial charge in [0.2, 0.25) is 5.91 Å². The molecule has 1 saturated heterocycles. The Kier molecular flexibility index (Phi) is 5.06. The van der Waals surface area contributed by atoms with E-state index in [1.807, 2.05) is 32.0 Å². The first-order valence-corrected chi connectivity index (χ1v) is 7.62. The van der Waals surface area contributed by atoms with Gasteiger partial charge in [-0.25, -0.2) is 0 Å². The molecule has 0 radical (unpaired) electrons. The first-order valence-electron chi connectivity index (χ1n) is 7.62. The number of aliphatic carboxylic acids is 1. The third kappa shape index (κ3) is 3.59. The van der Waals surface area contributed by atoms with Crippen molar-refractivity contribution in [1.29, 1.82) is 0 Å². The van der Waals surface area contributed by atoms with Gasteiger partial charge in [0, 0.05) is 12.6 Å². The maximum Gasteiger partial charge on any atom is 0.308 e. The molecule has 0 spiro atoms. The zero-order valence-electron chi connectivity index (χ0n) is 13.3. The monoisotopic (exact) mass is 305 g/mol. The van der Waals surface area contributed by atoms with Gasteiger partial charge in [-0.15, -0.1) is 0 Å². The number of nitrogens with zero attached hydrogens (tertiary/aromatic N) is 1. The lowest BCUT2D eigenvalue weighted by atomic mass is 10.0. The van der Waals surface area contributed by atoms with Gasteiger partial charge in [0.05, 0.1) is 18.9 Å². The summed E-state index contributed by atoms with van der Waals surface area (Å²) < 4.78 is 5.69. The Morgan fingerprint density at radius 3 is 2.73 bits per heavy atom. The molecule has 1 heterocycles. The van der Waals surface area contributed by atoms with Gasteiger partial charge in [-0.2, -0.15) is 0 Å². The third-order valence-electron chi connectivity index (χ3n) is 4.31. The van der Waals surface area contributed by atoms with Crippen LogP contribution < -0.4 is 4.74 Å². The lowest BCUT2D eigenvalue weighted by Gasteiger charge is -2.23. The molecule has 0 aliphatic carbocycles. The summed E-state index contributed by atoms with van der Waals surface area (Å²) in [4.78, 5) is 25.0. The Hall–Kier alpha value is -2.04. The van der Waals surface area contributed by atoms with E-state index >= 15 is 0 Å². The topological polar surface area (TPSA) is 66.8 Å². The molecule has 1 aromatic rings. The number of amides is 1. The standard InChI is InChI=1S/C17H23NO4/c1-11-4-5-12(2)15(10-11)22-9-7-16(19)18-8-6-14(13(18)3)17(20)21/h4-5,10,13-14H,6-9H2,1-3H3,(H,20,21). The summed E-state index contributed by atoms with van der Waals surface area (Å²) >= 11 is 0. The van der Waals surface area contributed by atoms with Crippen LogP contribution in [-0.4, -0.2) is 41.1 Å². The van der Waals surface area contributed by atoms with Gasteiger partial charge in [0.25, 0.3) is 0 Å². The van der Waals surface area contributed by atoms with Crippen molar-refractivity contribution in [2.24, 2.45) is 5.92 Å². The minimum atomic E-state index is -0.825. The first-order chi connectivity index (χ1) is 10.4. The van der Waals surface area contributed by atoms with Gasteiger partial charge in [-0.3, -0.25) is 9.59 Å². The van der Waals surface area contributed by atoms with Gasteiger partial charge in [-0.1, -0.05) is 12.1 Å². The largest absolute Gasteiger partial charge is 0.493 e. The molecular weight excluding hydrogens is 282 g/mol. The summed E-state index contributed by atoms with van der Waals surface area (Å²) in [5.41, 5.74) is 2.16. The number of hydrogen-bond acceptors (Lipinski definition) is 3. The number of hydrogen-bond donors (Lipinski definition) is 1. The van der Waals surface area contributed by atoms with Crippen molar-refractivity contribution in [1.82, 2.24) is 4.90 Å². The second kappa shape index (κ2) is 6.81. The first kappa shape index (κ1) is 16.3. The summed E-state index contributed by atoms with van der Waals surface area (Å²) in [5.74, 6) is -0.523. The SMILES string of the molecule is Cc1ccc(C)c(OCCC(=O)N2CCC(C(=O)O)C2C)c1. The molecule has 2 atom stereocenters. The molecule has 1 aromatic carbocycles. The van der Waals surface area contributed by atoms with Crippen molar-refractivity contribution >= 4 is 11.9 Å². The quantitative estimate of drug-likeness (QED) is 0.907.